The van der Waals surface area contributed by atoms with E-state index in [2.05, 4.69) is 28.2 Å². The fourth-order valence-electron chi connectivity index (χ4n) is 5.56. The van der Waals surface area contributed by atoms with E-state index in [0.29, 0.717) is 17.8 Å². The van der Waals surface area contributed by atoms with Crippen LogP contribution in [0.3, 0.4) is 0 Å². The number of fused-ring (bicyclic) bond motifs is 5. The van der Waals surface area contributed by atoms with Crippen molar-refractivity contribution in [2.45, 2.75) is 38.3 Å². The molecule has 1 atom stereocenters. The van der Waals surface area contributed by atoms with E-state index in [1.165, 1.54) is 41.0 Å². The second-order valence-corrected chi connectivity index (χ2v) is 10.7. The number of urea groups is 1. The van der Waals surface area contributed by atoms with Gasteiger partial charge in [-0.1, -0.05) is 18.2 Å². The van der Waals surface area contributed by atoms with Crippen LogP contribution in [0.2, 0.25) is 0 Å². The summed E-state index contributed by atoms with van der Waals surface area (Å²) in [6.07, 6.45) is 6.62. The van der Waals surface area contributed by atoms with Gasteiger partial charge in [0.2, 0.25) is 0 Å². The topological polar surface area (TPSA) is 72.8 Å². The lowest BCUT2D eigenvalue weighted by atomic mass is 9.95. The van der Waals surface area contributed by atoms with Crippen LogP contribution in [0.15, 0.2) is 66.9 Å². The predicted octanol–water partition coefficient (Wildman–Crippen LogP) is 6.35. The first-order chi connectivity index (χ1) is 18.6. The predicted molar refractivity (Wildman–Crippen MR) is 147 cm³/mol. The highest BCUT2D eigenvalue weighted by atomic mass is 32.1. The van der Waals surface area contributed by atoms with Crippen molar-refractivity contribution in [3.05, 3.63) is 99.7 Å². The Balaban J connectivity index is 1.45. The van der Waals surface area contributed by atoms with Gasteiger partial charge in [0.05, 0.1) is 38.1 Å². The number of rotatable bonds is 4. The number of aromatic nitrogens is 1. The molecule has 38 heavy (non-hydrogen) atoms. The first-order valence-corrected chi connectivity index (χ1v) is 13.6. The molecule has 0 saturated carbocycles. The highest BCUT2D eigenvalue weighted by Gasteiger charge is 2.36. The molecule has 2 aliphatic rings. The summed E-state index contributed by atoms with van der Waals surface area (Å²) in [6, 6.07) is 18.3. The van der Waals surface area contributed by atoms with Crippen molar-refractivity contribution in [2.24, 2.45) is 0 Å². The summed E-state index contributed by atoms with van der Waals surface area (Å²) in [6.45, 7) is 0.488. The molecule has 7 nitrogen and oxygen atoms in total. The molecule has 0 bridgehead atoms. The highest BCUT2D eigenvalue weighted by molar-refractivity contribution is 7.15. The van der Waals surface area contributed by atoms with E-state index in [0.717, 1.165) is 29.8 Å². The maximum atomic E-state index is 14.1. The zero-order valence-corrected chi connectivity index (χ0v) is 22.2. The minimum atomic E-state index is -0.445. The quantitative estimate of drug-likeness (QED) is 0.314. The Kier molecular flexibility index (Phi) is 6.41. The van der Waals surface area contributed by atoms with E-state index in [1.54, 1.807) is 31.4 Å². The number of esters is 1. The molecule has 0 saturated heterocycles. The van der Waals surface area contributed by atoms with Crippen molar-refractivity contribution < 1.29 is 19.1 Å². The van der Waals surface area contributed by atoms with E-state index in [-0.39, 0.29) is 12.1 Å². The summed E-state index contributed by atoms with van der Waals surface area (Å²) >= 11 is 1.86. The smallest absolute Gasteiger partial charge is 0.337 e. The van der Waals surface area contributed by atoms with Crippen LogP contribution in [0.1, 0.15) is 56.5 Å². The SMILES string of the molecule is COC(=O)c1cccc(NC(=O)N2Cc3c(sc4c3CCCC4)-n3cccc3[C@@H]2c2ccc(OC)cc2)c1. The number of carbonyl (C=O) groups is 2. The average molecular weight is 528 g/mol. The van der Waals surface area contributed by atoms with Gasteiger partial charge in [0.15, 0.2) is 0 Å². The first kappa shape index (κ1) is 24.3. The molecular weight excluding hydrogens is 498 g/mol. The Morgan fingerprint density at radius 1 is 0.974 bits per heavy atom. The van der Waals surface area contributed by atoms with Crippen LogP contribution < -0.4 is 10.1 Å². The third-order valence-corrected chi connectivity index (χ3v) is 8.74. The monoisotopic (exact) mass is 527 g/mol. The number of nitrogens with one attached hydrogen (secondary N) is 1. The van der Waals surface area contributed by atoms with Crippen LogP contribution in [0.25, 0.3) is 5.00 Å². The van der Waals surface area contributed by atoms with Gasteiger partial charge in [0.1, 0.15) is 10.8 Å². The van der Waals surface area contributed by atoms with Gasteiger partial charge in [-0.05, 0) is 79.3 Å². The maximum Gasteiger partial charge on any atom is 0.337 e. The van der Waals surface area contributed by atoms with Crippen LogP contribution in [0.4, 0.5) is 10.5 Å². The van der Waals surface area contributed by atoms with Crippen LogP contribution in [0.5, 0.6) is 5.75 Å². The van der Waals surface area contributed by atoms with Crippen LogP contribution >= 0.6 is 11.3 Å². The third kappa shape index (κ3) is 4.24. The molecule has 2 aromatic carbocycles. The van der Waals surface area contributed by atoms with E-state index < -0.39 is 5.97 Å². The summed E-state index contributed by atoms with van der Waals surface area (Å²) in [5, 5.41) is 4.26. The Hall–Kier alpha value is -4.04. The molecule has 1 aliphatic heterocycles. The Labute approximate surface area is 225 Å². The molecule has 0 spiro atoms. The molecule has 4 aromatic rings. The highest BCUT2D eigenvalue weighted by Crippen LogP contribution is 2.44. The molecule has 0 fully saturated rings. The normalized spacial score (nSPS) is 16.1. The molecule has 1 N–H and O–H groups in total. The van der Waals surface area contributed by atoms with Crippen molar-refractivity contribution in [2.75, 3.05) is 19.5 Å². The van der Waals surface area contributed by atoms with Crippen LogP contribution in [0, 0.1) is 0 Å². The zero-order valence-electron chi connectivity index (χ0n) is 21.4. The van der Waals surface area contributed by atoms with Gasteiger partial charge in [-0.3, -0.25) is 0 Å². The number of hydrogen-bond donors (Lipinski definition) is 1. The summed E-state index contributed by atoms with van der Waals surface area (Å²) in [5.74, 6) is 0.320. The largest absolute Gasteiger partial charge is 0.497 e. The van der Waals surface area contributed by atoms with Crippen molar-refractivity contribution in [1.29, 1.82) is 0 Å². The Bertz CT molecular complexity index is 1500. The van der Waals surface area contributed by atoms with Crippen molar-refractivity contribution in [3.8, 4) is 10.8 Å². The molecule has 6 rings (SSSR count). The molecule has 0 unspecified atom stereocenters. The number of anilines is 1. The number of ether oxygens (including phenoxy) is 2. The van der Waals surface area contributed by atoms with Crippen molar-refractivity contribution in [3.63, 3.8) is 0 Å². The Morgan fingerprint density at radius 2 is 1.79 bits per heavy atom. The second-order valence-electron chi connectivity index (χ2n) is 9.60. The van der Waals surface area contributed by atoms with Crippen molar-refractivity contribution in [1.82, 2.24) is 9.47 Å². The summed E-state index contributed by atoms with van der Waals surface area (Å²) in [7, 11) is 2.99. The third-order valence-electron chi connectivity index (χ3n) is 7.41. The molecule has 194 valence electrons. The fourth-order valence-corrected chi connectivity index (χ4v) is 6.96. The van der Waals surface area contributed by atoms with Crippen LogP contribution in [-0.4, -0.2) is 35.7 Å². The number of carbonyl (C=O) groups excluding carboxylic acids is 2. The lowest BCUT2D eigenvalue weighted by Gasteiger charge is -2.31. The number of methoxy groups -OCH3 is 2. The fraction of sp³-hybridized carbons (Fsp3) is 0.267. The van der Waals surface area contributed by atoms with E-state index in [4.69, 9.17) is 9.47 Å². The van der Waals surface area contributed by atoms with Crippen molar-refractivity contribution >= 4 is 29.0 Å². The first-order valence-electron chi connectivity index (χ1n) is 12.8. The lowest BCUT2D eigenvalue weighted by Crippen LogP contribution is -2.38. The number of amides is 2. The number of nitrogens with zero attached hydrogens (tertiary/aromatic N) is 2. The molecule has 2 amide bonds. The molecule has 8 heteroatoms. The minimum Gasteiger partial charge on any atom is -0.497 e. The number of thiophene rings is 1. The number of benzene rings is 2. The lowest BCUT2D eigenvalue weighted by molar-refractivity contribution is 0.0600. The van der Waals surface area contributed by atoms with Gasteiger partial charge in [-0.15, -0.1) is 11.3 Å². The second kappa shape index (κ2) is 10.0. The molecule has 0 radical (unpaired) electrons. The van der Waals surface area contributed by atoms with E-state index in [9.17, 15) is 9.59 Å². The summed E-state index contributed by atoms with van der Waals surface area (Å²) < 4.78 is 12.5. The standard InChI is InChI=1S/C30H29N3O4S/c1-36-22-14-12-19(13-15-22)27-25-10-6-16-32(25)28-24(23-9-3-4-11-26(23)38-28)18-33(27)30(35)31-21-8-5-7-20(17-21)29(34)37-2/h5-8,10,12-17,27H,3-4,9,11,18H2,1-2H3,(H,31,35)/t27-/m0/s1. The molecule has 1 aliphatic carbocycles. The van der Waals surface area contributed by atoms with Gasteiger partial charge in [-0.2, -0.15) is 0 Å². The van der Waals surface area contributed by atoms with Gasteiger partial charge in [0.25, 0.3) is 0 Å². The maximum absolute atomic E-state index is 14.1. The zero-order chi connectivity index (χ0) is 26.2. The molecular formula is C30H29N3O4S. The number of hydrogen-bond acceptors (Lipinski definition) is 5. The van der Waals surface area contributed by atoms with Gasteiger partial charge < -0.3 is 24.3 Å². The van der Waals surface area contributed by atoms with Gasteiger partial charge >= 0.3 is 12.0 Å². The Morgan fingerprint density at radius 3 is 2.58 bits per heavy atom. The van der Waals surface area contributed by atoms with Gasteiger partial charge in [-0.25, -0.2) is 9.59 Å². The van der Waals surface area contributed by atoms with Gasteiger partial charge in [0, 0.05) is 22.3 Å². The minimum absolute atomic E-state index is 0.232. The number of aryl methyl sites for hydroxylation is 1. The van der Waals surface area contributed by atoms with E-state index >= 15 is 0 Å². The summed E-state index contributed by atoms with van der Waals surface area (Å²) in [4.78, 5) is 29.5. The molecule has 3 heterocycles. The van der Waals surface area contributed by atoms with E-state index in [1.807, 2.05) is 40.5 Å². The average Bonchev–Trinajstić information content (AvgIpc) is 3.54. The summed E-state index contributed by atoms with van der Waals surface area (Å²) in [5.41, 5.74) is 5.59. The van der Waals surface area contributed by atoms with Crippen LogP contribution in [-0.2, 0) is 24.1 Å². The molecule has 2 aromatic heterocycles.